The lowest BCUT2D eigenvalue weighted by Crippen LogP contribution is -1.99. The van der Waals surface area contributed by atoms with E-state index in [1.54, 1.807) is 16.8 Å². The molecule has 0 spiro atoms. The summed E-state index contributed by atoms with van der Waals surface area (Å²) in [6.45, 7) is 0. The molecule has 0 amide bonds. The molecule has 0 aliphatic rings. The predicted octanol–water partition coefficient (Wildman–Crippen LogP) is 1.61. The Morgan fingerprint density at radius 3 is 2.53 bits per heavy atom. The van der Waals surface area contributed by atoms with Crippen molar-refractivity contribution < 1.29 is 12.6 Å². The van der Waals surface area contributed by atoms with E-state index in [4.69, 9.17) is 5.26 Å². The Balaban J connectivity index is 3.28. The van der Waals surface area contributed by atoms with Gasteiger partial charge in [-0.2, -0.15) is 16.6 Å². The van der Waals surface area contributed by atoms with Crippen LogP contribution in [-0.4, -0.2) is 25.1 Å². The number of allylic oxidation sites excluding steroid dienone is 1. The molecule has 0 aliphatic carbocycles. The number of nitriles is 1. The van der Waals surface area contributed by atoms with Crippen LogP contribution in [0.3, 0.4) is 0 Å². The van der Waals surface area contributed by atoms with Crippen LogP contribution in [0.4, 0.5) is 0 Å². The third-order valence-electron chi connectivity index (χ3n) is 1.81. The smallest absolute Gasteiger partial charge is 0.187 e. The Bertz CT molecular complexity index is 684. The first kappa shape index (κ1) is 13.9. The molecule has 0 saturated heterocycles. The molecule has 5 nitrogen and oxygen atoms in total. The average molecular weight is 290 g/mol. The maximum atomic E-state index is 12.1. The molecule has 1 aromatic rings. The van der Waals surface area contributed by atoms with Crippen LogP contribution < -0.4 is 0 Å². The molecule has 0 aromatic carbocycles. The highest BCUT2D eigenvalue weighted by atomic mass is 32.2. The van der Waals surface area contributed by atoms with E-state index in [0.29, 0.717) is 4.90 Å². The number of sulfone groups is 1. The van der Waals surface area contributed by atoms with Crippen molar-refractivity contribution >= 4 is 30.9 Å². The van der Waals surface area contributed by atoms with Crippen molar-refractivity contribution in [3.8, 4) is 6.07 Å². The van der Waals surface area contributed by atoms with Crippen molar-refractivity contribution in [2.75, 3.05) is 12.5 Å². The SMILES string of the molecule is CS(=O)(=O)C(C#N)=CN=S(C)(=O)c1ccsc1. The van der Waals surface area contributed by atoms with Gasteiger partial charge in [-0.1, -0.05) is 0 Å². The summed E-state index contributed by atoms with van der Waals surface area (Å²) in [5.41, 5.74) is 0. The van der Waals surface area contributed by atoms with Crippen LogP contribution in [0, 0.1) is 11.3 Å². The number of rotatable bonds is 3. The van der Waals surface area contributed by atoms with Gasteiger partial charge in [0.05, 0.1) is 20.8 Å². The van der Waals surface area contributed by atoms with Gasteiger partial charge in [0.2, 0.25) is 0 Å². The molecule has 1 rings (SSSR count). The van der Waals surface area contributed by atoms with Gasteiger partial charge in [0.25, 0.3) is 0 Å². The van der Waals surface area contributed by atoms with Crippen LogP contribution in [0.1, 0.15) is 0 Å². The Labute approximate surface area is 105 Å². The third kappa shape index (κ3) is 3.66. The minimum atomic E-state index is -3.62. The number of thiophene rings is 1. The summed E-state index contributed by atoms with van der Waals surface area (Å²) in [6.07, 6.45) is 3.15. The van der Waals surface area contributed by atoms with Gasteiger partial charge in [-0.25, -0.2) is 17.0 Å². The van der Waals surface area contributed by atoms with E-state index in [9.17, 15) is 12.6 Å². The van der Waals surface area contributed by atoms with E-state index in [1.165, 1.54) is 23.7 Å². The van der Waals surface area contributed by atoms with Crippen molar-refractivity contribution in [3.05, 3.63) is 27.9 Å². The first-order valence-electron chi connectivity index (χ1n) is 4.31. The number of hydrogen-bond donors (Lipinski definition) is 0. The highest BCUT2D eigenvalue weighted by Gasteiger charge is 2.11. The number of nitrogens with zero attached hydrogens (tertiary/aromatic N) is 2. The fourth-order valence-corrected chi connectivity index (χ4v) is 3.59. The van der Waals surface area contributed by atoms with Crippen molar-refractivity contribution in [2.24, 2.45) is 4.36 Å². The van der Waals surface area contributed by atoms with Crippen molar-refractivity contribution in [1.29, 1.82) is 5.26 Å². The highest BCUT2D eigenvalue weighted by molar-refractivity contribution is 7.95. The van der Waals surface area contributed by atoms with Crippen LogP contribution in [0.25, 0.3) is 0 Å². The van der Waals surface area contributed by atoms with E-state index in [2.05, 4.69) is 4.36 Å². The third-order valence-corrected chi connectivity index (χ3v) is 5.28. The molecule has 1 atom stereocenters. The Morgan fingerprint density at radius 2 is 2.12 bits per heavy atom. The summed E-state index contributed by atoms with van der Waals surface area (Å²) in [7, 11) is -6.31. The van der Waals surface area contributed by atoms with Crippen LogP contribution in [0.5, 0.6) is 0 Å². The molecule has 1 aromatic heterocycles. The minimum absolute atomic E-state index is 0.498. The predicted molar refractivity (Wildman–Crippen MR) is 67.6 cm³/mol. The number of hydrogen-bond acceptors (Lipinski definition) is 6. The summed E-state index contributed by atoms with van der Waals surface area (Å²) < 4.78 is 38.0. The van der Waals surface area contributed by atoms with Crippen molar-refractivity contribution in [3.63, 3.8) is 0 Å². The first-order chi connectivity index (χ1) is 7.77. The summed E-state index contributed by atoms with van der Waals surface area (Å²) in [5, 5.41) is 12.1. The Morgan fingerprint density at radius 1 is 1.47 bits per heavy atom. The zero-order valence-electron chi connectivity index (χ0n) is 9.15. The maximum Gasteiger partial charge on any atom is 0.187 e. The fourth-order valence-electron chi connectivity index (χ4n) is 0.884. The Hall–Kier alpha value is -1.17. The molecule has 17 heavy (non-hydrogen) atoms. The molecule has 0 aliphatic heterocycles. The van der Waals surface area contributed by atoms with Gasteiger partial charge in [0.15, 0.2) is 14.7 Å². The second-order valence-corrected chi connectivity index (χ2v) is 8.30. The summed E-state index contributed by atoms with van der Waals surface area (Å²) in [6, 6.07) is 3.17. The van der Waals surface area contributed by atoms with Crippen LogP contribution in [0.2, 0.25) is 0 Å². The zero-order valence-corrected chi connectivity index (χ0v) is 11.6. The van der Waals surface area contributed by atoms with E-state index < -0.39 is 24.5 Å². The molecular formula is C9H10N2O3S3. The molecular weight excluding hydrogens is 280 g/mol. The lowest BCUT2D eigenvalue weighted by Gasteiger charge is -1.98. The standard InChI is InChI=1S/C9H10N2O3S3/c1-16(12,8-3-4-15-7-8)11-6-9(5-10)17(2,13)14/h3-4,6-7H,1-2H3. The van der Waals surface area contributed by atoms with Gasteiger partial charge >= 0.3 is 0 Å². The highest BCUT2D eigenvalue weighted by Crippen LogP contribution is 2.16. The van der Waals surface area contributed by atoms with Gasteiger partial charge in [0, 0.05) is 17.9 Å². The monoisotopic (exact) mass is 290 g/mol. The largest absolute Gasteiger partial charge is 0.245 e. The van der Waals surface area contributed by atoms with Crippen LogP contribution >= 0.6 is 11.3 Å². The first-order valence-corrected chi connectivity index (χ1v) is 9.07. The van der Waals surface area contributed by atoms with E-state index in [-0.39, 0.29) is 0 Å². The molecule has 0 N–H and O–H groups in total. The quantitative estimate of drug-likeness (QED) is 0.791. The topological polar surface area (TPSA) is 87.4 Å². The van der Waals surface area contributed by atoms with Gasteiger partial charge in [-0.3, -0.25) is 0 Å². The lowest BCUT2D eigenvalue weighted by molar-refractivity contribution is 0.608. The normalized spacial score (nSPS) is 15.9. The van der Waals surface area contributed by atoms with Crippen molar-refractivity contribution in [1.82, 2.24) is 0 Å². The summed E-state index contributed by atoms with van der Waals surface area (Å²) >= 11 is 1.37. The van der Waals surface area contributed by atoms with Gasteiger partial charge < -0.3 is 0 Å². The average Bonchev–Trinajstić information content (AvgIpc) is 2.69. The lowest BCUT2D eigenvalue weighted by atomic mass is 10.7. The Kier molecular flexibility index (Phi) is 4.08. The second-order valence-electron chi connectivity index (χ2n) is 3.24. The molecule has 0 radical (unpaired) electrons. The van der Waals surface area contributed by atoms with E-state index in [0.717, 1.165) is 12.5 Å². The van der Waals surface area contributed by atoms with Crippen molar-refractivity contribution in [2.45, 2.75) is 4.90 Å². The van der Waals surface area contributed by atoms with Gasteiger partial charge in [-0.15, -0.1) is 0 Å². The summed E-state index contributed by atoms with van der Waals surface area (Å²) in [4.78, 5) is 0.0202. The van der Waals surface area contributed by atoms with Gasteiger partial charge in [0.1, 0.15) is 6.07 Å². The van der Waals surface area contributed by atoms with E-state index in [1.807, 2.05) is 0 Å². The fraction of sp³-hybridized carbons (Fsp3) is 0.222. The van der Waals surface area contributed by atoms with E-state index >= 15 is 0 Å². The van der Waals surface area contributed by atoms with Crippen LogP contribution in [-0.2, 0) is 19.6 Å². The molecule has 1 unspecified atom stereocenters. The molecule has 92 valence electrons. The summed E-state index contributed by atoms with van der Waals surface area (Å²) in [5.74, 6) is 0. The minimum Gasteiger partial charge on any atom is -0.245 e. The maximum absolute atomic E-state index is 12.1. The molecule has 0 fully saturated rings. The molecule has 0 saturated carbocycles. The second kappa shape index (κ2) is 5.00. The van der Waals surface area contributed by atoms with Crippen LogP contribution in [0.15, 0.2) is 37.2 Å². The molecule has 0 bridgehead atoms. The van der Waals surface area contributed by atoms with Gasteiger partial charge in [-0.05, 0) is 11.4 Å². The molecule has 1 heterocycles. The molecule has 8 heteroatoms. The zero-order chi connectivity index (χ0) is 13.1.